The van der Waals surface area contributed by atoms with Gasteiger partial charge in [-0.3, -0.25) is 0 Å². The Hall–Kier alpha value is -0.510. The van der Waals surface area contributed by atoms with Crippen LogP contribution in [0.15, 0.2) is 29.2 Å². The maximum Gasteiger partial charge on any atom is 0.0540 e. The zero-order valence-corrected chi connectivity index (χ0v) is 8.06. The molecule has 1 aromatic carbocycles. The number of nitrogens with one attached hydrogen (secondary N) is 1. The molecule has 1 aromatic rings. The van der Waals surface area contributed by atoms with Gasteiger partial charge in [-0.05, 0) is 30.9 Å². The van der Waals surface area contributed by atoms with Crippen molar-refractivity contribution < 1.29 is 5.21 Å². The van der Waals surface area contributed by atoms with E-state index in [0.29, 0.717) is 0 Å². The van der Waals surface area contributed by atoms with Crippen molar-refractivity contribution in [3.8, 4) is 0 Å². The van der Waals surface area contributed by atoms with Gasteiger partial charge in [0, 0.05) is 4.90 Å². The minimum Gasteiger partial charge on any atom is -0.316 e. The summed E-state index contributed by atoms with van der Waals surface area (Å²) in [6, 6.07) is 8.13. The van der Waals surface area contributed by atoms with Gasteiger partial charge in [-0.25, -0.2) is 0 Å². The van der Waals surface area contributed by atoms with Crippen LogP contribution in [-0.2, 0) is 0 Å². The molecular formula is C9H13NOS. The highest BCUT2D eigenvalue weighted by Gasteiger charge is 2.01. The van der Waals surface area contributed by atoms with Gasteiger partial charge in [-0.15, -0.1) is 11.8 Å². The minimum absolute atomic E-state index is 0.000839. The van der Waals surface area contributed by atoms with Gasteiger partial charge >= 0.3 is 0 Å². The van der Waals surface area contributed by atoms with E-state index in [0.717, 1.165) is 5.56 Å². The van der Waals surface area contributed by atoms with Gasteiger partial charge in [0.25, 0.3) is 0 Å². The van der Waals surface area contributed by atoms with Crippen LogP contribution < -0.4 is 5.48 Å². The maximum atomic E-state index is 8.66. The molecule has 0 fully saturated rings. The van der Waals surface area contributed by atoms with E-state index in [1.807, 2.05) is 37.4 Å². The second-order valence-corrected chi connectivity index (χ2v) is 3.50. The largest absolute Gasteiger partial charge is 0.316 e. The number of hydrogen-bond donors (Lipinski definition) is 2. The molecule has 0 heterocycles. The molecule has 66 valence electrons. The molecule has 1 unspecified atom stereocenters. The van der Waals surface area contributed by atoms with Crippen LogP contribution in [0.25, 0.3) is 0 Å². The van der Waals surface area contributed by atoms with Crippen molar-refractivity contribution in [3.63, 3.8) is 0 Å². The highest BCUT2D eigenvalue weighted by atomic mass is 32.2. The van der Waals surface area contributed by atoms with Gasteiger partial charge in [0.2, 0.25) is 0 Å². The van der Waals surface area contributed by atoms with Crippen molar-refractivity contribution in [1.82, 2.24) is 5.48 Å². The molecule has 0 spiro atoms. The van der Waals surface area contributed by atoms with Crippen LogP contribution in [0.4, 0.5) is 0 Å². The first-order valence-electron chi connectivity index (χ1n) is 3.81. The van der Waals surface area contributed by atoms with Crippen molar-refractivity contribution in [2.45, 2.75) is 17.9 Å². The van der Waals surface area contributed by atoms with Crippen molar-refractivity contribution in [1.29, 1.82) is 0 Å². The lowest BCUT2D eigenvalue weighted by Gasteiger charge is -2.08. The Kier molecular flexibility index (Phi) is 3.59. The summed E-state index contributed by atoms with van der Waals surface area (Å²) in [5.74, 6) is 0. The molecule has 1 rings (SSSR count). The maximum absolute atomic E-state index is 8.66. The Morgan fingerprint density at radius 2 is 1.92 bits per heavy atom. The Labute approximate surface area is 76.9 Å². The van der Waals surface area contributed by atoms with Gasteiger partial charge in [0.15, 0.2) is 0 Å². The highest BCUT2D eigenvalue weighted by Crippen LogP contribution is 2.18. The minimum atomic E-state index is 0.000839. The predicted octanol–water partition coefficient (Wildman–Crippen LogP) is 2.45. The van der Waals surface area contributed by atoms with Crippen molar-refractivity contribution >= 4 is 11.8 Å². The van der Waals surface area contributed by atoms with Gasteiger partial charge in [-0.1, -0.05) is 12.1 Å². The molecule has 0 aliphatic carbocycles. The summed E-state index contributed by atoms with van der Waals surface area (Å²) in [5.41, 5.74) is 3.30. The van der Waals surface area contributed by atoms with Crippen LogP contribution in [0.1, 0.15) is 18.5 Å². The van der Waals surface area contributed by atoms with Crippen molar-refractivity contribution in [2.75, 3.05) is 6.26 Å². The van der Waals surface area contributed by atoms with E-state index in [4.69, 9.17) is 5.21 Å². The second-order valence-electron chi connectivity index (χ2n) is 2.62. The van der Waals surface area contributed by atoms with Gasteiger partial charge in [0.1, 0.15) is 0 Å². The molecule has 12 heavy (non-hydrogen) atoms. The van der Waals surface area contributed by atoms with E-state index < -0.39 is 0 Å². The lowest BCUT2D eigenvalue weighted by molar-refractivity contribution is 0.133. The molecular weight excluding hydrogens is 170 g/mol. The van der Waals surface area contributed by atoms with Crippen LogP contribution in [0, 0.1) is 0 Å². The Balaban J connectivity index is 2.77. The first kappa shape index (κ1) is 9.58. The summed E-state index contributed by atoms with van der Waals surface area (Å²) in [6.45, 7) is 1.91. The van der Waals surface area contributed by atoms with Crippen LogP contribution in [0.3, 0.4) is 0 Å². The number of thioether (sulfide) groups is 1. The SMILES string of the molecule is CSc1ccc(C(C)NO)cc1. The first-order chi connectivity index (χ1) is 5.77. The Morgan fingerprint density at radius 3 is 2.33 bits per heavy atom. The molecule has 0 saturated carbocycles. The summed E-state index contributed by atoms with van der Waals surface area (Å²) in [7, 11) is 0. The van der Waals surface area contributed by atoms with Crippen LogP contribution in [0.5, 0.6) is 0 Å². The van der Waals surface area contributed by atoms with E-state index in [1.54, 1.807) is 11.8 Å². The summed E-state index contributed by atoms with van der Waals surface area (Å²) >= 11 is 1.71. The third kappa shape index (κ3) is 2.24. The van der Waals surface area contributed by atoms with Gasteiger partial charge in [-0.2, -0.15) is 5.48 Å². The van der Waals surface area contributed by atoms with Crippen LogP contribution >= 0.6 is 11.8 Å². The molecule has 0 radical (unpaired) electrons. The molecule has 0 aliphatic heterocycles. The standard InChI is InChI=1S/C9H13NOS/c1-7(10-11)8-3-5-9(12-2)6-4-8/h3-7,10-11H,1-2H3. The normalized spacial score (nSPS) is 12.9. The predicted molar refractivity (Wildman–Crippen MR) is 51.6 cm³/mol. The average Bonchev–Trinajstić information content (AvgIpc) is 2.17. The van der Waals surface area contributed by atoms with Crippen molar-refractivity contribution in [2.24, 2.45) is 0 Å². The zero-order valence-electron chi connectivity index (χ0n) is 7.24. The fraction of sp³-hybridized carbons (Fsp3) is 0.333. The summed E-state index contributed by atoms with van der Waals surface area (Å²) < 4.78 is 0. The van der Waals surface area contributed by atoms with Crippen LogP contribution in [0.2, 0.25) is 0 Å². The van der Waals surface area contributed by atoms with Crippen molar-refractivity contribution in [3.05, 3.63) is 29.8 Å². The third-order valence-corrected chi connectivity index (χ3v) is 2.55. The Morgan fingerprint density at radius 1 is 1.33 bits per heavy atom. The average molecular weight is 183 g/mol. The zero-order chi connectivity index (χ0) is 8.97. The molecule has 2 nitrogen and oxygen atoms in total. The number of hydrogen-bond acceptors (Lipinski definition) is 3. The lowest BCUT2D eigenvalue weighted by atomic mass is 10.1. The van der Waals surface area contributed by atoms with Crippen LogP contribution in [-0.4, -0.2) is 11.5 Å². The van der Waals surface area contributed by atoms with E-state index in [1.165, 1.54) is 4.90 Å². The number of hydroxylamine groups is 1. The van der Waals surface area contributed by atoms with E-state index in [9.17, 15) is 0 Å². The number of benzene rings is 1. The lowest BCUT2D eigenvalue weighted by Crippen LogP contribution is -2.12. The first-order valence-corrected chi connectivity index (χ1v) is 5.04. The summed E-state index contributed by atoms with van der Waals surface area (Å²) in [6.07, 6.45) is 2.04. The molecule has 0 saturated heterocycles. The molecule has 0 aliphatic rings. The quantitative estimate of drug-likeness (QED) is 0.557. The smallest absolute Gasteiger partial charge is 0.0540 e. The molecule has 2 N–H and O–H groups in total. The Bertz CT molecular complexity index is 235. The fourth-order valence-electron chi connectivity index (χ4n) is 0.967. The van der Waals surface area contributed by atoms with E-state index in [-0.39, 0.29) is 6.04 Å². The van der Waals surface area contributed by atoms with Gasteiger partial charge < -0.3 is 5.21 Å². The summed E-state index contributed by atoms with van der Waals surface area (Å²) in [4.78, 5) is 1.24. The second kappa shape index (κ2) is 4.50. The molecule has 1 atom stereocenters. The van der Waals surface area contributed by atoms with E-state index >= 15 is 0 Å². The van der Waals surface area contributed by atoms with Gasteiger partial charge in [0.05, 0.1) is 6.04 Å². The molecule has 3 heteroatoms. The molecule has 0 bridgehead atoms. The third-order valence-electron chi connectivity index (χ3n) is 1.81. The highest BCUT2D eigenvalue weighted by molar-refractivity contribution is 7.98. The molecule has 0 aromatic heterocycles. The van der Waals surface area contributed by atoms with E-state index in [2.05, 4.69) is 5.48 Å². The fourth-order valence-corrected chi connectivity index (χ4v) is 1.38. The summed E-state index contributed by atoms with van der Waals surface area (Å²) in [5, 5.41) is 8.66. The topological polar surface area (TPSA) is 32.3 Å². The molecule has 0 amide bonds. The number of rotatable bonds is 3. The monoisotopic (exact) mass is 183 g/mol.